The first-order valence-corrected chi connectivity index (χ1v) is 7.95. The van der Waals surface area contributed by atoms with Crippen LogP contribution in [0.4, 0.5) is 0 Å². The lowest BCUT2D eigenvalue weighted by molar-refractivity contribution is 0.408. The number of hydrogen-bond donors (Lipinski definition) is 1. The quantitative estimate of drug-likeness (QED) is 0.592. The van der Waals surface area contributed by atoms with Crippen LogP contribution in [0.3, 0.4) is 0 Å². The zero-order valence-corrected chi connectivity index (χ0v) is 13.6. The van der Waals surface area contributed by atoms with E-state index in [4.69, 9.17) is 16.3 Å². The van der Waals surface area contributed by atoms with E-state index in [0.717, 1.165) is 46.8 Å². The second kappa shape index (κ2) is 8.21. The van der Waals surface area contributed by atoms with Gasteiger partial charge in [0.1, 0.15) is 5.75 Å². The maximum atomic E-state index is 6.00. The number of thioether (sulfide) groups is 1. The van der Waals surface area contributed by atoms with Gasteiger partial charge in [-0.25, -0.2) is 4.68 Å². The number of rotatable bonds is 8. The number of halogens is 1. The van der Waals surface area contributed by atoms with Crippen LogP contribution in [0.1, 0.15) is 12.0 Å². The van der Waals surface area contributed by atoms with Crippen LogP contribution in [0, 0.1) is 0 Å². The van der Waals surface area contributed by atoms with Gasteiger partial charge in [-0.2, -0.15) is 0 Å². The Kier molecular flexibility index (Phi) is 6.28. The average molecular weight is 328 g/mol. The third-order valence-corrected chi connectivity index (χ3v) is 4.20. The molecular weight excluding hydrogens is 310 g/mol. The topological polar surface area (TPSA) is 64.9 Å². The molecule has 0 unspecified atom stereocenters. The van der Waals surface area contributed by atoms with Gasteiger partial charge >= 0.3 is 0 Å². The zero-order chi connectivity index (χ0) is 15.1. The smallest absolute Gasteiger partial charge is 0.209 e. The highest BCUT2D eigenvalue weighted by Crippen LogP contribution is 2.22. The van der Waals surface area contributed by atoms with Crippen molar-refractivity contribution < 1.29 is 4.74 Å². The third kappa shape index (κ3) is 4.87. The van der Waals surface area contributed by atoms with E-state index in [1.54, 1.807) is 23.6 Å². The van der Waals surface area contributed by atoms with E-state index in [9.17, 15) is 0 Å². The van der Waals surface area contributed by atoms with Crippen LogP contribution in [-0.4, -0.2) is 39.6 Å². The van der Waals surface area contributed by atoms with Gasteiger partial charge in [-0.3, -0.25) is 0 Å². The molecule has 0 fully saturated rings. The fourth-order valence-corrected chi connectivity index (χ4v) is 2.80. The Morgan fingerprint density at radius 1 is 1.43 bits per heavy atom. The van der Waals surface area contributed by atoms with E-state index in [2.05, 4.69) is 20.8 Å². The van der Waals surface area contributed by atoms with Gasteiger partial charge in [0.25, 0.3) is 0 Å². The molecule has 21 heavy (non-hydrogen) atoms. The van der Waals surface area contributed by atoms with Gasteiger partial charge in [0.2, 0.25) is 5.16 Å². The van der Waals surface area contributed by atoms with Crippen LogP contribution in [0.15, 0.2) is 23.4 Å². The predicted octanol–water partition coefficient (Wildman–Crippen LogP) is 2.14. The Labute approximate surface area is 133 Å². The van der Waals surface area contributed by atoms with Crippen LogP contribution in [0.25, 0.3) is 0 Å². The molecule has 114 valence electrons. The number of aromatic nitrogens is 4. The molecule has 0 amide bonds. The van der Waals surface area contributed by atoms with Crippen molar-refractivity contribution in [3.05, 3.63) is 28.8 Å². The number of tetrazole rings is 1. The van der Waals surface area contributed by atoms with Gasteiger partial charge in [0.15, 0.2) is 0 Å². The molecule has 2 aromatic rings. The molecule has 0 saturated heterocycles. The second-order valence-electron chi connectivity index (χ2n) is 4.42. The maximum absolute atomic E-state index is 6.00. The molecule has 0 aliphatic rings. The van der Waals surface area contributed by atoms with Gasteiger partial charge in [-0.15, -0.1) is 5.10 Å². The Morgan fingerprint density at radius 3 is 3.00 bits per heavy atom. The van der Waals surface area contributed by atoms with Gasteiger partial charge in [-0.05, 0) is 41.6 Å². The predicted molar refractivity (Wildman–Crippen MR) is 83.8 cm³/mol. The summed E-state index contributed by atoms with van der Waals surface area (Å²) in [7, 11) is 3.50. The lowest BCUT2D eigenvalue weighted by atomic mass is 10.2. The number of methoxy groups -OCH3 is 1. The molecule has 6 nitrogen and oxygen atoms in total. The SMILES string of the molecule is COc1ccc(Cl)cc1CNCCCSc1nnnn1C. The van der Waals surface area contributed by atoms with E-state index in [1.807, 2.05) is 25.2 Å². The normalized spacial score (nSPS) is 10.8. The van der Waals surface area contributed by atoms with Gasteiger partial charge in [-0.1, -0.05) is 23.4 Å². The molecule has 0 saturated carbocycles. The maximum Gasteiger partial charge on any atom is 0.209 e. The molecule has 1 aromatic carbocycles. The molecule has 1 heterocycles. The van der Waals surface area contributed by atoms with Gasteiger partial charge in [0.05, 0.1) is 7.11 Å². The lowest BCUT2D eigenvalue weighted by Crippen LogP contribution is -2.16. The number of ether oxygens (including phenoxy) is 1. The molecule has 0 spiro atoms. The molecule has 2 rings (SSSR count). The van der Waals surface area contributed by atoms with E-state index in [-0.39, 0.29) is 0 Å². The van der Waals surface area contributed by atoms with Crippen molar-refractivity contribution in [1.29, 1.82) is 0 Å². The molecule has 0 bridgehead atoms. The van der Waals surface area contributed by atoms with E-state index < -0.39 is 0 Å². The summed E-state index contributed by atoms with van der Waals surface area (Å²) in [6.07, 6.45) is 1.03. The van der Waals surface area contributed by atoms with Crippen LogP contribution in [0.2, 0.25) is 5.02 Å². The van der Waals surface area contributed by atoms with Crippen molar-refractivity contribution in [2.24, 2.45) is 7.05 Å². The number of nitrogens with one attached hydrogen (secondary N) is 1. The molecule has 1 aromatic heterocycles. The Morgan fingerprint density at radius 2 is 2.29 bits per heavy atom. The second-order valence-corrected chi connectivity index (χ2v) is 5.92. The summed E-state index contributed by atoms with van der Waals surface area (Å²) in [5.74, 6) is 1.82. The first kappa shape index (κ1) is 16.1. The van der Waals surface area contributed by atoms with Crippen molar-refractivity contribution in [2.75, 3.05) is 19.4 Å². The largest absolute Gasteiger partial charge is 0.496 e. The van der Waals surface area contributed by atoms with Crippen molar-refractivity contribution in [3.63, 3.8) is 0 Å². The summed E-state index contributed by atoms with van der Waals surface area (Å²) in [5.41, 5.74) is 1.06. The van der Waals surface area contributed by atoms with Crippen LogP contribution in [-0.2, 0) is 13.6 Å². The minimum absolute atomic E-state index is 0.720. The number of nitrogens with zero attached hydrogens (tertiary/aromatic N) is 4. The lowest BCUT2D eigenvalue weighted by Gasteiger charge is -2.10. The minimum atomic E-state index is 0.720. The third-order valence-electron chi connectivity index (χ3n) is 2.87. The molecule has 0 aliphatic carbocycles. The fraction of sp³-hybridized carbons (Fsp3) is 0.462. The fourth-order valence-electron chi connectivity index (χ4n) is 1.81. The zero-order valence-electron chi connectivity index (χ0n) is 12.0. The van der Waals surface area contributed by atoms with E-state index in [0.29, 0.717) is 0 Å². The Hall–Kier alpha value is -1.31. The van der Waals surface area contributed by atoms with E-state index >= 15 is 0 Å². The number of benzene rings is 1. The van der Waals surface area contributed by atoms with Crippen LogP contribution >= 0.6 is 23.4 Å². The van der Waals surface area contributed by atoms with Crippen molar-refractivity contribution >= 4 is 23.4 Å². The summed E-state index contributed by atoms with van der Waals surface area (Å²) in [5, 5.41) is 16.3. The summed E-state index contributed by atoms with van der Waals surface area (Å²) >= 11 is 7.65. The molecule has 0 atom stereocenters. The summed E-state index contributed by atoms with van der Waals surface area (Å²) in [6.45, 7) is 1.65. The summed E-state index contributed by atoms with van der Waals surface area (Å²) < 4.78 is 6.99. The van der Waals surface area contributed by atoms with Gasteiger partial charge in [0, 0.05) is 29.9 Å². The van der Waals surface area contributed by atoms with Gasteiger partial charge < -0.3 is 10.1 Å². The average Bonchev–Trinajstić information content (AvgIpc) is 2.88. The van der Waals surface area contributed by atoms with Crippen molar-refractivity contribution in [3.8, 4) is 5.75 Å². The highest BCUT2D eigenvalue weighted by atomic mass is 35.5. The van der Waals surface area contributed by atoms with Crippen molar-refractivity contribution in [2.45, 2.75) is 18.1 Å². The Balaban J connectivity index is 1.68. The number of aryl methyl sites for hydroxylation is 1. The molecule has 8 heteroatoms. The minimum Gasteiger partial charge on any atom is -0.496 e. The molecular formula is C13H18ClN5OS. The molecule has 0 aliphatic heterocycles. The van der Waals surface area contributed by atoms with Crippen molar-refractivity contribution in [1.82, 2.24) is 25.5 Å². The Bertz CT molecular complexity index is 577. The molecule has 1 N–H and O–H groups in total. The first-order valence-electron chi connectivity index (χ1n) is 6.59. The number of hydrogen-bond acceptors (Lipinski definition) is 6. The highest BCUT2D eigenvalue weighted by Gasteiger charge is 2.04. The monoisotopic (exact) mass is 327 g/mol. The van der Waals surface area contributed by atoms with E-state index in [1.165, 1.54) is 0 Å². The van der Waals surface area contributed by atoms with Crippen LogP contribution in [0.5, 0.6) is 5.75 Å². The molecule has 0 radical (unpaired) electrons. The summed E-state index contributed by atoms with van der Waals surface area (Å²) in [4.78, 5) is 0. The van der Waals surface area contributed by atoms with Crippen LogP contribution < -0.4 is 10.1 Å². The summed E-state index contributed by atoms with van der Waals surface area (Å²) in [6, 6.07) is 5.64. The standard InChI is InChI=1S/C13H18ClN5OS/c1-19-13(16-17-18-19)21-7-3-6-15-9-10-8-11(14)4-5-12(10)20-2/h4-5,8,15H,3,6-7,9H2,1-2H3. The highest BCUT2D eigenvalue weighted by molar-refractivity contribution is 7.99. The first-order chi connectivity index (χ1) is 10.2.